The van der Waals surface area contributed by atoms with Gasteiger partial charge in [-0.1, -0.05) is 61.9 Å². The number of hydrogen-bond donors (Lipinski definition) is 1. The van der Waals surface area contributed by atoms with E-state index in [2.05, 4.69) is 46.3 Å². The molecule has 3 heterocycles. The molecule has 2 aliphatic rings. The highest BCUT2D eigenvalue weighted by Crippen LogP contribution is 2.35. The van der Waals surface area contributed by atoms with E-state index in [9.17, 15) is 4.79 Å². The van der Waals surface area contributed by atoms with Crippen LogP contribution >= 0.6 is 0 Å². The van der Waals surface area contributed by atoms with E-state index in [0.717, 1.165) is 54.1 Å². The Balaban J connectivity index is 1.27. The first-order valence-electron chi connectivity index (χ1n) is 17.4. The van der Waals surface area contributed by atoms with Gasteiger partial charge in [0.05, 0.1) is 33.1 Å². The molecule has 10 heteroatoms. The molecule has 4 aromatic rings. The molecule has 3 aromatic carbocycles. The van der Waals surface area contributed by atoms with Crippen molar-refractivity contribution in [1.29, 1.82) is 0 Å². The zero-order valence-corrected chi connectivity index (χ0v) is 29.0. The molecule has 2 amide bonds. The number of amides is 2. The Bertz CT molecular complexity index is 1620. The summed E-state index contributed by atoms with van der Waals surface area (Å²) in [5, 5.41) is 3.18. The number of urea groups is 1. The van der Waals surface area contributed by atoms with Gasteiger partial charge in [-0.15, -0.1) is 0 Å². The predicted octanol–water partition coefficient (Wildman–Crippen LogP) is 7.07. The fourth-order valence-corrected chi connectivity index (χ4v) is 6.39. The number of anilines is 2. The third-order valence-corrected chi connectivity index (χ3v) is 9.16. The minimum absolute atomic E-state index is 0.154. The summed E-state index contributed by atoms with van der Waals surface area (Å²) in [5.41, 5.74) is 6.07. The summed E-state index contributed by atoms with van der Waals surface area (Å²) in [6, 6.07) is 25.0. The van der Waals surface area contributed by atoms with Crippen LogP contribution in [-0.2, 0) is 32.6 Å². The Morgan fingerprint density at radius 1 is 0.837 bits per heavy atom. The van der Waals surface area contributed by atoms with Gasteiger partial charge in [-0.25, -0.2) is 4.79 Å². The van der Waals surface area contributed by atoms with Crippen LogP contribution in [0.1, 0.15) is 60.6 Å². The highest BCUT2D eigenvalue weighted by Gasteiger charge is 2.30. The summed E-state index contributed by atoms with van der Waals surface area (Å²) in [6.45, 7) is 8.00. The van der Waals surface area contributed by atoms with Crippen molar-refractivity contribution < 1.29 is 19.0 Å². The maximum atomic E-state index is 13.7. The van der Waals surface area contributed by atoms with Crippen LogP contribution in [0.4, 0.5) is 16.3 Å². The van der Waals surface area contributed by atoms with Crippen molar-refractivity contribution in [2.24, 2.45) is 0 Å². The maximum Gasteiger partial charge on any atom is 0.322 e. The van der Waals surface area contributed by atoms with Crippen molar-refractivity contribution in [2.45, 2.75) is 65.2 Å². The van der Waals surface area contributed by atoms with Gasteiger partial charge in [0.15, 0.2) is 5.82 Å². The van der Waals surface area contributed by atoms with Gasteiger partial charge in [0.1, 0.15) is 17.2 Å². The number of hydrogen-bond acceptors (Lipinski definition) is 8. The number of carbonyl (C=O) groups is 1. The molecule has 0 unspecified atom stereocenters. The van der Waals surface area contributed by atoms with Crippen molar-refractivity contribution in [3.8, 4) is 17.5 Å². The highest BCUT2D eigenvalue weighted by molar-refractivity contribution is 5.95. The fraction of sp³-hybridized carbons (Fsp3) is 0.410. The van der Waals surface area contributed by atoms with Gasteiger partial charge in [0.25, 0.3) is 0 Å². The van der Waals surface area contributed by atoms with Crippen molar-refractivity contribution in [1.82, 2.24) is 19.8 Å². The van der Waals surface area contributed by atoms with Crippen LogP contribution in [0.25, 0.3) is 0 Å². The Labute approximate surface area is 290 Å². The van der Waals surface area contributed by atoms with Gasteiger partial charge >= 0.3 is 12.0 Å². The number of rotatable bonds is 16. The van der Waals surface area contributed by atoms with Crippen LogP contribution in [0.2, 0.25) is 0 Å². The molecular weight excluding hydrogens is 616 g/mol. The molecule has 1 aromatic heterocycles. The average Bonchev–Trinajstić information content (AvgIpc) is 3.64. The van der Waals surface area contributed by atoms with Crippen molar-refractivity contribution in [2.75, 3.05) is 50.7 Å². The summed E-state index contributed by atoms with van der Waals surface area (Å²) in [6.07, 6.45) is 5.22. The third kappa shape index (κ3) is 9.00. The normalized spacial score (nSPS) is 14.3. The second-order valence-electron chi connectivity index (χ2n) is 12.8. The van der Waals surface area contributed by atoms with E-state index in [1.807, 2.05) is 53.4 Å². The topological polar surface area (TPSA) is 92.3 Å². The van der Waals surface area contributed by atoms with Crippen LogP contribution in [0.5, 0.6) is 17.5 Å². The minimum Gasteiger partial charge on any atom is -0.497 e. The average molecular weight is 665 g/mol. The second-order valence-corrected chi connectivity index (χ2v) is 12.8. The first-order chi connectivity index (χ1) is 24.0. The lowest BCUT2D eigenvalue weighted by Crippen LogP contribution is -2.41. The number of methoxy groups -OCH3 is 2. The molecule has 0 aliphatic carbocycles. The lowest BCUT2D eigenvalue weighted by molar-refractivity contribution is 0.205. The summed E-state index contributed by atoms with van der Waals surface area (Å²) >= 11 is 0. The van der Waals surface area contributed by atoms with Gasteiger partial charge in [0.2, 0.25) is 0 Å². The number of nitrogens with one attached hydrogen (secondary N) is 1. The van der Waals surface area contributed by atoms with Gasteiger partial charge < -0.3 is 29.3 Å². The van der Waals surface area contributed by atoms with Crippen molar-refractivity contribution in [3.63, 3.8) is 0 Å². The van der Waals surface area contributed by atoms with Gasteiger partial charge in [-0.3, -0.25) is 4.90 Å². The molecule has 49 heavy (non-hydrogen) atoms. The molecule has 0 spiro atoms. The number of ether oxygens (including phenoxy) is 3. The Hall–Kier alpha value is -4.83. The molecular formula is C39H48N6O4. The monoisotopic (exact) mass is 664 g/mol. The predicted molar refractivity (Wildman–Crippen MR) is 192 cm³/mol. The SMILES string of the molecule is CCCCOc1nc2c(c(N(Cc3ccc(OC)cc3)Cc3ccc(OC)cc3)n1)NC(=O)N(CCc1cccc(CN3CCCC3)c1)C2. The fourth-order valence-electron chi connectivity index (χ4n) is 6.39. The zero-order chi connectivity index (χ0) is 34.0. The van der Waals surface area contributed by atoms with Crippen LogP contribution in [0.3, 0.4) is 0 Å². The molecule has 2 aliphatic heterocycles. The Morgan fingerprint density at radius 3 is 2.12 bits per heavy atom. The van der Waals surface area contributed by atoms with E-state index in [1.165, 1.54) is 37.1 Å². The summed E-state index contributed by atoms with van der Waals surface area (Å²) < 4.78 is 16.9. The van der Waals surface area contributed by atoms with Gasteiger partial charge in [-0.05, 0) is 85.3 Å². The maximum absolute atomic E-state index is 13.7. The van der Waals surface area contributed by atoms with Gasteiger partial charge in [-0.2, -0.15) is 9.97 Å². The van der Waals surface area contributed by atoms with Crippen molar-refractivity contribution in [3.05, 3.63) is 101 Å². The number of aromatic nitrogens is 2. The largest absolute Gasteiger partial charge is 0.497 e. The third-order valence-electron chi connectivity index (χ3n) is 9.16. The summed E-state index contributed by atoms with van der Waals surface area (Å²) in [4.78, 5) is 30.0. The van der Waals surface area contributed by atoms with Crippen LogP contribution in [-0.4, -0.2) is 66.3 Å². The standard InChI is InChI=1S/C39H48N6O4/c1-4-5-23-49-38-40-35-28-44(22-19-29-9-8-10-32(24-29)25-43-20-6-7-21-43)39(46)41-36(35)37(42-38)45(26-30-11-15-33(47-2)16-12-30)27-31-13-17-34(48-3)18-14-31/h8-18,24H,4-7,19-23,25-28H2,1-3H3,(H,41,46). The second kappa shape index (κ2) is 16.5. The smallest absolute Gasteiger partial charge is 0.322 e. The number of fused-ring (bicyclic) bond motifs is 1. The van der Waals surface area contributed by atoms with E-state index in [4.69, 9.17) is 24.2 Å². The Morgan fingerprint density at radius 2 is 1.49 bits per heavy atom. The molecule has 6 rings (SSSR count). The molecule has 0 bridgehead atoms. The lowest BCUT2D eigenvalue weighted by Gasteiger charge is -2.33. The van der Waals surface area contributed by atoms with E-state index < -0.39 is 0 Å². The summed E-state index contributed by atoms with van der Waals surface area (Å²) in [5.74, 6) is 2.22. The molecule has 0 saturated carbocycles. The Kier molecular flexibility index (Phi) is 11.5. The van der Waals surface area contributed by atoms with E-state index in [-0.39, 0.29) is 6.03 Å². The molecule has 0 radical (unpaired) electrons. The number of nitrogens with zero attached hydrogens (tertiary/aromatic N) is 5. The highest BCUT2D eigenvalue weighted by atomic mass is 16.5. The lowest BCUT2D eigenvalue weighted by atomic mass is 10.1. The first-order valence-corrected chi connectivity index (χ1v) is 17.4. The minimum atomic E-state index is -0.154. The number of benzene rings is 3. The quantitative estimate of drug-likeness (QED) is 0.127. The van der Waals surface area contributed by atoms with Gasteiger partial charge in [0, 0.05) is 26.2 Å². The molecule has 258 valence electrons. The molecule has 1 saturated heterocycles. The van der Waals surface area contributed by atoms with E-state index in [1.54, 1.807) is 14.2 Å². The first kappa shape index (κ1) is 34.0. The van der Waals surface area contributed by atoms with E-state index >= 15 is 0 Å². The van der Waals surface area contributed by atoms with Crippen LogP contribution in [0.15, 0.2) is 72.8 Å². The van der Waals surface area contributed by atoms with E-state index in [0.29, 0.717) is 50.3 Å². The molecule has 10 nitrogen and oxygen atoms in total. The molecule has 1 N–H and O–H groups in total. The van der Waals surface area contributed by atoms with Crippen LogP contribution < -0.4 is 24.4 Å². The van der Waals surface area contributed by atoms with Crippen molar-refractivity contribution >= 4 is 17.5 Å². The number of likely N-dealkylation sites (tertiary alicyclic amines) is 1. The number of unbranched alkanes of at least 4 members (excludes halogenated alkanes) is 1. The molecule has 1 fully saturated rings. The summed E-state index contributed by atoms with van der Waals surface area (Å²) in [7, 11) is 3.33. The van der Waals surface area contributed by atoms with Crippen LogP contribution in [0, 0.1) is 0 Å². The zero-order valence-electron chi connectivity index (χ0n) is 29.0. The molecule has 0 atom stereocenters. The number of carbonyl (C=O) groups excluding carboxylic acids is 1.